The number of morpholine rings is 1. The van der Waals surface area contributed by atoms with Crippen molar-refractivity contribution in [2.75, 3.05) is 33.3 Å². The first-order chi connectivity index (χ1) is 10.1. The van der Waals surface area contributed by atoms with Crippen molar-refractivity contribution in [1.82, 2.24) is 10.2 Å². The lowest BCUT2D eigenvalue weighted by Gasteiger charge is -2.30. The predicted octanol–water partition coefficient (Wildman–Crippen LogP) is 1.76. The molecule has 1 aromatic rings. The Morgan fingerprint density at radius 1 is 1.48 bits per heavy atom. The molecule has 21 heavy (non-hydrogen) atoms. The molecule has 2 rings (SSSR count). The topological polar surface area (TPSA) is 41.6 Å². The van der Waals surface area contributed by atoms with E-state index in [4.69, 9.17) is 4.74 Å². The van der Waals surface area contributed by atoms with E-state index in [0.717, 1.165) is 25.4 Å². The molecule has 1 saturated heterocycles. The largest absolute Gasteiger partial charge is 0.374 e. The van der Waals surface area contributed by atoms with Crippen molar-refractivity contribution in [3.05, 3.63) is 35.9 Å². The number of benzene rings is 1. The molecule has 0 radical (unpaired) electrons. The van der Waals surface area contributed by atoms with Crippen LogP contribution in [0.5, 0.6) is 0 Å². The van der Waals surface area contributed by atoms with E-state index < -0.39 is 0 Å². The highest BCUT2D eigenvalue weighted by atomic mass is 32.2. The summed E-state index contributed by atoms with van der Waals surface area (Å²) in [5, 5.41) is 2.95. The molecule has 1 aromatic carbocycles. The summed E-state index contributed by atoms with van der Waals surface area (Å²) in [7, 11) is 2.08. The average Bonchev–Trinajstić information content (AvgIpc) is 2.51. The maximum absolute atomic E-state index is 12.1. The smallest absolute Gasteiger partial charge is 0.232 e. The Kier molecular flexibility index (Phi) is 6.54. The number of hydrogen-bond acceptors (Lipinski definition) is 4. The minimum atomic E-state index is -0.0495. The summed E-state index contributed by atoms with van der Waals surface area (Å²) in [5.41, 5.74) is 1.25. The van der Waals surface area contributed by atoms with Gasteiger partial charge in [-0.3, -0.25) is 4.79 Å². The van der Waals surface area contributed by atoms with Crippen molar-refractivity contribution in [3.8, 4) is 0 Å². The molecule has 1 heterocycles. The summed E-state index contributed by atoms with van der Waals surface area (Å²) in [6.45, 7) is 5.14. The van der Waals surface area contributed by atoms with Gasteiger partial charge in [0, 0.05) is 25.4 Å². The highest BCUT2D eigenvalue weighted by Gasteiger charge is 2.20. The first kappa shape index (κ1) is 16.3. The van der Waals surface area contributed by atoms with E-state index in [1.807, 2.05) is 25.1 Å². The molecule has 1 amide bonds. The third kappa shape index (κ3) is 5.69. The highest BCUT2D eigenvalue weighted by molar-refractivity contribution is 7.99. The van der Waals surface area contributed by atoms with E-state index in [-0.39, 0.29) is 17.3 Å². The van der Waals surface area contributed by atoms with Crippen LogP contribution >= 0.6 is 11.8 Å². The van der Waals surface area contributed by atoms with Crippen LogP contribution in [0.2, 0.25) is 0 Å². The first-order valence-electron chi connectivity index (χ1n) is 7.38. The Balaban J connectivity index is 1.67. The van der Waals surface area contributed by atoms with Crippen LogP contribution in [0.4, 0.5) is 0 Å². The number of rotatable bonds is 6. The van der Waals surface area contributed by atoms with Gasteiger partial charge in [0.15, 0.2) is 0 Å². The molecule has 0 aliphatic carbocycles. The van der Waals surface area contributed by atoms with Gasteiger partial charge >= 0.3 is 0 Å². The van der Waals surface area contributed by atoms with Crippen molar-refractivity contribution in [2.24, 2.45) is 0 Å². The Morgan fingerprint density at radius 2 is 2.24 bits per heavy atom. The van der Waals surface area contributed by atoms with Crippen LogP contribution in [0.3, 0.4) is 0 Å². The first-order valence-corrected chi connectivity index (χ1v) is 8.43. The van der Waals surface area contributed by atoms with Gasteiger partial charge in [-0.15, -0.1) is 11.8 Å². The minimum absolute atomic E-state index is 0.0495. The van der Waals surface area contributed by atoms with E-state index in [1.165, 1.54) is 5.56 Å². The molecular formula is C16H24N2O2S. The third-order valence-corrected chi connectivity index (χ3v) is 4.77. The summed E-state index contributed by atoms with van der Waals surface area (Å²) in [6.07, 6.45) is 0.110. The number of amides is 1. The zero-order valence-electron chi connectivity index (χ0n) is 12.7. The molecule has 1 fully saturated rings. The molecule has 1 aliphatic rings. The molecule has 0 unspecified atom stereocenters. The number of hydrogen-bond donors (Lipinski definition) is 1. The summed E-state index contributed by atoms with van der Waals surface area (Å²) in [4.78, 5) is 14.3. The Bertz CT molecular complexity index is 441. The number of thioether (sulfide) groups is 1. The van der Waals surface area contributed by atoms with Crippen molar-refractivity contribution in [1.29, 1.82) is 0 Å². The van der Waals surface area contributed by atoms with Gasteiger partial charge in [-0.05, 0) is 19.5 Å². The second-order valence-electron chi connectivity index (χ2n) is 5.44. The molecule has 0 spiro atoms. The molecule has 0 bridgehead atoms. The predicted molar refractivity (Wildman–Crippen MR) is 87.4 cm³/mol. The second kappa shape index (κ2) is 8.41. The third-order valence-electron chi connectivity index (χ3n) is 3.56. The van der Waals surface area contributed by atoms with Crippen LogP contribution in [0.25, 0.3) is 0 Å². The highest BCUT2D eigenvalue weighted by Crippen LogP contribution is 2.17. The molecule has 0 saturated carbocycles. The number of likely N-dealkylation sites (N-methyl/N-ethyl adjacent to an activating group) is 1. The fraction of sp³-hybridized carbons (Fsp3) is 0.562. The normalized spacial score (nSPS) is 21.0. The van der Waals surface area contributed by atoms with Gasteiger partial charge in [0.1, 0.15) is 0 Å². The van der Waals surface area contributed by atoms with Gasteiger partial charge in [0.05, 0.1) is 18.0 Å². The van der Waals surface area contributed by atoms with Crippen LogP contribution in [-0.4, -0.2) is 55.4 Å². The maximum atomic E-state index is 12.1. The van der Waals surface area contributed by atoms with Crippen LogP contribution < -0.4 is 5.32 Å². The Labute approximate surface area is 131 Å². The van der Waals surface area contributed by atoms with Gasteiger partial charge in [-0.25, -0.2) is 0 Å². The van der Waals surface area contributed by atoms with Gasteiger partial charge in [0.2, 0.25) is 5.91 Å². The zero-order chi connectivity index (χ0) is 15.1. The average molecular weight is 308 g/mol. The summed E-state index contributed by atoms with van der Waals surface area (Å²) in [6, 6.07) is 10.2. The fourth-order valence-electron chi connectivity index (χ4n) is 2.22. The minimum Gasteiger partial charge on any atom is -0.374 e. The number of carbonyl (C=O) groups excluding carboxylic acids is 1. The number of ether oxygens (including phenoxy) is 1. The van der Waals surface area contributed by atoms with E-state index in [1.54, 1.807) is 11.8 Å². The van der Waals surface area contributed by atoms with Gasteiger partial charge in [0.25, 0.3) is 0 Å². The number of carbonyl (C=O) groups is 1. The molecular weight excluding hydrogens is 284 g/mol. The molecule has 2 atom stereocenters. The maximum Gasteiger partial charge on any atom is 0.232 e. The summed E-state index contributed by atoms with van der Waals surface area (Å²) >= 11 is 1.66. The zero-order valence-corrected chi connectivity index (χ0v) is 13.6. The fourth-order valence-corrected chi connectivity index (χ4v) is 3.09. The summed E-state index contributed by atoms with van der Waals surface area (Å²) in [5.74, 6) is 0.950. The van der Waals surface area contributed by atoms with Crippen LogP contribution in [-0.2, 0) is 15.3 Å². The molecule has 1 N–H and O–H groups in total. The Hall–Kier alpha value is -1.04. The van der Waals surface area contributed by atoms with E-state index >= 15 is 0 Å². The lowest BCUT2D eigenvalue weighted by Crippen LogP contribution is -2.47. The van der Waals surface area contributed by atoms with E-state index in [9.17, 15) is 4.79 Å². The molecule has 5 heteroatoms. The number of nitrogens with one attached hydrogen (secondary N) is 1. The van der Waals surface area contributed by atoms with Crippen molar-refractivity contribution >= 4 is 17.7 Å². The van der Waals surface area contributed by atoms with Crippen molar-refractivity contribution in [3.63, 3.8) is 0 Å². The van der Waals surface area contributed by atoms with Gasteiger partial charge in [-0.1, -0.05) is 30.3 Å². The van der Waals surface area contributed by atoms with Crippen molar-refractivity contribution in [2.45, 2.75) is 24.0 Å². The summed E-state index contributed by atoms with van der Waals surface area (Å²) < 4.78 is 5.64. The molecule has 116 valence electrons. The quantitative estimate of drug-likeness (QED) is 0.869. The molecule has 0 aromatic heterocycles. The van der Waals surface area contributed by atoms with E-state index in [2.05, 4.69) is 29.4 Å². The van der Waals surface area contributed by atoms with E-state index in [0.29, 0.717) is 6.54 Å². The number of nitrogens with zero attached hydrogens (tertiary/aromatic N) is 1. The molecule has 4 nitrogen and oxygen atoms in total. The van der Waals surface area contributed by atoms with Crippen molar-refractivity contribution < 1.29 is 9.53 Å². The lowest BCUT2D eigenvalue weighted by atomic mass is 10.2. The second-order valence-corrected chi connectivity index (χ2v) is 6.77. The van der Waals surface area contributed by atoms with Crippen LogP contribution in [0.15, 0.2) is 30.3 Å². The van der Waals surface area contributed by atoms with Gasteiger partial charge < -0.3 is 15.0 Å². The monoisotopic (exact) mass is 308 g/mol. The SMILES string of the molecule is C[C@@H](SCc1ccccc1)C(=O)NC[C@@H]1CN(C)CCO1. The standard InChI is InChI=1S/C16H24N2O2S/c1-13(21-12-14-6-4-3-5-7-14)16(19)17-10-15-11-18(2)8-9-20-15/h3-7,13,15H,8-12H2,1-2H3,(H,17,19)/t13-,15-/m1/s1. The lowest BCUT2D eigenvalue weighted by molar-refractivity contribution is -0.121. The van der Waals surface area contributed by atoms with Gasteiger partial charge in [-0.2, -0.15) is 0 Å². The van der Waals surface area contributed by atoms with Crippen LogP contribution in [0.1, 0.15) is 12.5 Å². The van der Waals surface area contributed by atoms with Crippen LogP contribution in [0, 0.1) is 0 Å². The Morgan fingerprint density at radius 3 is 2.95 bits per heavy atom. The molecule has 1 aliphatic heterocycles.